The van der Waals surface area contributed by atoms with Gasteiger partial charge < -0.3 is 0 Å². The highest BCUT2D eigenvalue weighted by Crippen LogP contribution is 2.45. The molecule has 0 fully saturated rings. The standard InChI is InChI=1S/C10H13Br2Cl/c1-7-6-10(2,3-4-13)9(12)5-8(7)11/h3-4,9H,5-6H2,1-2H3. The van der Waals surface area contributed by atoms with Crippen LogP contribution in [0.1, 0.15) is 26.7 Å². The van der Waals surface area contributed by atoms with Crippen LogP contribution in [0.3, 0.4) is 0 Å². The monoisotopic (exact) mass is 326 g/mol. The summed E-state index contributed by atoms with van der Waals surface area (Å²) in [7, 11) is 0. The van der Waals surface area contributed by atoms with Crippen LogP contribution >= 0.6 is 43.5 Å². The van der Waals surface area contributed by atoms with Crippen molar-refractivity contribution in [3.63, 3.8) is 0 Å². The van der Waals surface area contributed by atoms with Crippen molar-refractivity contribution < 1.29 is 0 Å². The van der Waals surface area contributed by atoms with E-state index in [4.69, 9.17) is 11.6 Å². The third-order valence-electron chi connectivity index (χ3n) is 2.63. The van der Waals surface area contributed by atoms with E-state index in [0.717, 1.165) is 12.8 Å². The Bertz CT molecular complexity index is 258. The summed E-state index contributed by atoms with van der Waals surface area (Å²) >= 11 is 12.9. The van der Waals surface area contributed by atoms with E-state index in [9.17, 15) is 0 Å². The number of rotatable bonds is 1. The van der Waals surface area contributed by atoms with Crippen LogP contribution in [0.25, 0.3) is 0 Å². The number of alkyl halides is 1. The molecule has 1 aliphatic rings. The number of halogens is 3. The summed E-state index contributed by atoms with van der Waals surface area (Å²) in [6.07, 6.45) is 4.19. The summed E-state index contributed by atoms with van der Waals surface area (Å²) in [5.74, 6) is 0. The summed E-state index contributed by atoms with van der Waals surface area (Å²) < 4.78 is 1.33. The van der Waals surface area contributed by atoms with E-state index in [2.05, 4.69) is 51.8 Å². The average molecular weight is 328 g/mol. The molecule has 0 saturated carbocycles. The first kappa shape index (κ1) is 11.8. The topological polar surface area (TPSA) is 0 Å². The van der Waals surface area contributed by atoms with Gasteiger partial charge in [0.05, 0.1) is 0 Å². The van der Waals surface area contributed by atoms with Crippen molar-refractivity contribution in [2.45, 2.75) is 31.5 Å². The van der Waals surface area contributed by atoms with E-state index in [1.54, 1.807) is 5.54 Å². The fraction of sp³-hybridized carbons (Fsp3) is 0.600. The maximum Gasteiger partial charge on any atom is 0.0283 e. The predicted octanol–water partition coefficient (Wildman–Crippen LogP) is 4.97. The van der Waals surface area contributed by atoms with Gasteiger partial charge in [-0.1, -0.05) is 62.0 Å². The Morgan fingerprint density at radius 1 is 1.62 bits per heavy atom. The first-order chi connectivity index (χ1) is 5.99. The van der Waals surface area contributed by atoms with Crippen LogP contribution in [0.4, 0.5) is 0 Å². The lowest BCUT2D eigenvalue weighted by molar-refractivity contribution is 0.392. The van der Waals surface area contributed by atoms with Crippen LogP contribution in [-0.4, -0.2) is 4.83 Å². The van der Waals surface area contributed by atoms with Crippen molar-refractivity contribution in [3.8, 4) is 0 Å². The second-order valence-corrected chi connectivity index (χ2v) is 6.15. The Morgan fingerprint density at radius 3 is 2.77 bits per heavy atom. The molecule has 1 rings (SSSR count). The Morgan fingerprint density at radius 2 is 2.23 bits per heavy atom. The second-order valence-electron chi connectivity index (χ2n) is 3.83. The fourth-order valence-electron chi connectivity index (χ4n) is 1.65. The zero-order valence-corrected chi connectivity index (χ0v) is 11.7. The first-order valence-electron chi connectivity index (χ1n) is 4.26. The number of allylic oxidation sites excluding steroid dienone is 3. The third-order valence-corrected chi connectivity index (χ3v) is 5.12. The molecular formula is C10H13Br2Cl. The molecule has 0 spiro atoms. The molecule has 0 heterocycles. The molecule has 0 aromatic rings. The minimum atomic E-state index is 0.156. The van der Waals surface area contributed by atoms with E-state index in [0.29, 0.717) is 4.83 Å². The van der Waals surface area contributed by atoms with Gasteiger partial charge in [0.15, 0.2) is 0 Å². The van der Waals surface area contributed by atoms with Crippen LogP contribution < -0.4 is 0 Å². The summed E-state index contributed by atoms with van der Waals surface area (Å²) in [6.45, 7) is 4.40. The van der Waals surface area contributed by atoms with Gasteiger partial charge in [0.1, 0.15) is 0 Å². The summed E-state index contributed by atoms with van der Waals surface area (Å²) in [6, 6.07) is 0. The molecule has 3 heteroatoms. The maximum atomic E-state index is 5.64. The zero-order valence-electron chi connectivity index (χ0n) is 7.78. The molecule has 2 unspecified atom stereocenters. The van der Waals surface area contributed by atoms with Crippen LogP contribution in [0.15, 0.2) is 21.7 Å². The molecule has 0 saturated heterocycles. The third kappa shape index (κ3) is 2.60. The van der Waals surface area contributed by atoms with Gasteiger partial charge in [0, 0.05) is 15.8 Å². The highest BCUT2D eigenvalue weighted by atomic mass is 79.9. The second kappa shape index (κ2) is 4.50. The molecule has 2 atom stereocenters. The van der Waals surface area contributed by atoms with Gasteiger partial charge in [-0.2, -0.15) is 0 Å². The van der Waals surface area contributed by atoms with E-state index in [1.165, 1.54) is 10.1 Å². The smallest absolute Gasteiger partial charge is 0.0283 e. The largest absolute Gasteiger partial charge is 0.0933 e. The fourth-order valence-corrected chi connectivity index (χ4v) is 3.47. The van der Waals surface area contributed by atoms with Crippen molar-refractivity contribution in [2.75, 3.05) is 0 Å². The maximum absolute atomic E-state index is 5.64. The van der Waals surface area contributed by atoms with Gasteiger partial charge in [-0.15, -0.1) is 0 Å². The lowest BCUT2D eigenvalue weighted by Gasteiger charge is -2.36. The molecule has 0 nitrogen and oxygen atoms in total. The highest BCUT2D eigenvalue weighted by molar-refractivity contribution is 9.12. The van der Waals surface area contributed by atoms with Crippen molar-refractivity contribution in [3.05, 3.63) is 21.7 Å². The van der Waals surface area contributed by atoms with Gasteiger partial charge in [-0.05, 0) is 24.2 Å². The molecule has 74 valence electrons. The lowest BCUT2D eigenvalue weighted by Crippen LogP contribution is -2.29. The lowest BCUT2D eigenvalue weighted by atomic mass is 9.76. The molecule has 0 bridgehead atoms. The van der Waals surface area contributed by atoms with E-state index < -0.39 is 0 Å². The first-order valence-corrected chi connectivity index (χ1v) is 6.40. The molecule has 1 aliphatic carbocycles. The van der Waals surface area contributed by atoms with Gasteiger partial charge in [-0.25, -0.2) is 0 Å². The van der Waals surface area contributed by atoms with Crippen molar-refractivity contribution in [1.29, 1.82) is 0 Å². The molecule has 0 aromatic carbocycles. The molecule has 13 heavy (non-hydrogen) atoms. The minimum Gasteiger partial charge on any atom is -0.0933 e. The quantitative estimate of drug-likeness (QED) is 0.596. The van der Waals surface area contributed by atoms with E-state index in [-0.39, 0.29) is 5.41 Å². The van der Waals surface area contributed by atoms with Crippen LogP contribution in [-0.2, 0) is 0 Å². The summed E-state index contributed by atoms with van der Waals surface area (Å²) in [5, 5.41) is 0. The van der Waals surface area contributed by atoms with Crippen molar-refractivity contribution in [1.82, 2.24) is 0 Å². The van der Waals surface area contributed by atoms with Gasteiger partial charge in [-0.3, -0.25) is 0 Å². The number of hydrogen-bond donors (Lipinski definition) is 0. The Labute approximate surface area is 102 Å². The Balaban J connectivity index is 2.92. The molecule has 0 aliphatic heterocycles. The molecular weight excluding hydrogens is 315 g/mol. The molecule has 0 amide bonds. The van der Waals surface area contributed by atoms with Crippen molar-refractivity contribution in [2.24, 2.45) is 5.41 Å². The normalized spacial score (nSPS) is 35.9. The van der Waals surface area contributed by atoms with E-state index in [1.807, 2.05) is 0 Å². The highest BCUT2D eigenvalue weighted by Gasteiger charge is 2.34. The van der Waals surface area contributed by atoms with Crippen molar-refractivity contribution >= 4 is 43.5 Å². The van der Waals surface area contributed by atoms with Gasteiger partial charge in [0.2, 0.25) is 0 Å². The van der Waals surface area contributed by atoms with Crippen LogP contribution in [0.2, 0.25) is 0 Å². The number of hydrogen-bond acceptors (Lipinski definition) is 0. The molecule has 0 N–H and O–H groups in total. The average Bonchev–Trinajstić information content (AvgIpc) is 2.02. The molecule has 0 aromatic heterocycles. The predicted molar refractivity (Wildman–Crippen MR) is 66.7 cm³/mol. The Hall–Kier alpha value is 0.730. The van der Waals surface area contributed by atoms with Crippen LogP contribution in [0.5, 0.6) is 0 Å². The summed E-state index contributed by atoms with van der Waals surface area (Å²) in [5.41, 5.74) is 3.21. The van der Waals surface area contributed by atoms with Gasteiger partial charge in [0.25, 0.3) is 0 Å². The summed E-state index contributed by atoms with van der Waals surface area (Å²) in [4.78, 5) is 0.466. The molecule has 0 radical (unpaired) electrons. The SMILES string of the molecule is CC1=C(Br)CC(Br)C(C)(C=CCl)C1. The minimum absolute atomic E-state index is 0.156. The zero-order chi connectivity index (χ0) is 10.1. The van der Waals surface area contributed by atoms with Gasteiger partial charge >= 0.3 is 0 Å². The van der Waals surface area contributed by atoms with E-state index >= 15 is 0 Å². The van der Waals surface area contributed by atoms with Crippen LogP contribution in [0, 0.1) is 5.41 Å². The Kier molecular flexibility index (Phi) is 4.09.